The van der Waals surface area contributed by atoms with Gasteiger partial charge in [-0.05, 0) is 47.1 Å². The van der Waals surface area contributed by atoms with Gasteiger partial charge in [0.05, 0.1) is 0 Å². The number of hydrogen-bond donors (Lipinski definition) is 0. The highest BCUT2D eigenvalue weighted by Crippen LogP contribution is 2.16. The summed E-state index contributed by atoms with van der Waals surface area (Å²) in [7, 11) is 0. The second kappa shape index (κ2) is 6.98. The van der Waals surface area contributed by atoms with Crippen LogP contribution in [0.25, 0.3) is 0 Å². The molecule has 108 valence electrons. The standard InChI is InChI=1S/C13H24BN2O3/c1-10(2)17-14(18-11(3)4,19-12(5)6)13-9-15-7-8-16-13/h7-12H,1-6H3/q-1. The van der Waals surface area contributed by atoms with Gasteiger partial charge in [0.2, 0.25) is 0 Å². The Labute approximate surface area is 115 Å². The van der Waals surface area contributed by atoms with Crippen LogP contribution < -0.4 is 5.59 Å². The molecule has 0 atom stereocenters. The molecule has 0 aliphatic heterocycles. The zero-order chi connectivity index (χ0) is 14.5. The van der Waals surface area contributed by atoms with Crippen LogP contribution in [0, 0.1) is 0 Å². The van der Waals surface area contributed by atoms with E-state index < -0.39 is 6.75 Å². The van der Waals surface area contributed by atoms with Crippen molar-refractivity contribution in [2.24, 2.45) is 0 Å². The molecule has 1 aromatic rings. The highest BCUT2D eigenvalue weighted by Gasteiger charge is 2.36. The van der Waals surface area contributed by atoms with Gasteiger partial charge >= 0.3 is 6.75 Å². The fourth-order valence-electron chi connectivity index (χ4n) is 1.87. The molecule has 0 spiro atoms. The highest BCUT2D eigenvalue weighted by molar-refractivity contribution is 6.74. The normalized spacial score (nSPS) is 12.7. The van der Waals surface area contributed by atoms with Gasteiger partial charge in [-0.15, -0.1) is 0 Å². The largest absolute Gasteiger partial charge is 0.538 e. The van der Waals surface area contributed by atoms with Crippen LogP contribution in [-0.2, 0) is 14.0 Å². The fourth-order valence-corrected chi connectivity index (χ4v) is 1.87. The molecule has 19 heavy (non-hydrogen) atoms. The molecule has 0 fully saturated rings. The minimum atomic E-state index is -2.09. The van der Waals surface area contributed by atoms with E-state index in [1.807, 2.05) is 41.5 Å². The Kier molecular flexibility index (Phi) is 5.91. The lowest BCUT2D eigenvalue weighted by atomic mass is 9.72. The molecular formula is C13H24BN2O3-. The van der Waals surface area contributed by atoms with Crippen molar-refractivity contribution in [2.75, 3.05) is 0 Å². The van der Waals surface area contributed by atoms with Gasteiger partial charge in [-0.1, -0.05) is 0 Å². The van der Waals surface area contributed by atoms with Gasteiger partial charge in [-0.2, -0.15) is 0 Å². The van der Waals surface area contributed by atoms with Gasteiger partial charge in [0, 0.05) is 36.9 Å². The molecule has 0 N–H and O–H groups in total. The summed E-state index contributed by atoms with van der Waals surface area (Å²) in [5.41, 5.74) is 0.582. The summed E-state index contributed by atoms with van der Waals surface area (Å²) < 4.78 is 17.9. The van der Waals surface area contributed by atoms with Crippen molar-refractivity contribution in [3.05, 3.63) is 18.6 Å². The van der Waals surface area contributed by atoms with Crippen LogP contribution in [0.5, 0.6) is 0 Å². The van der Waals surface area contributed by atoms with Crippen molar-refractivity contribution in [1.82, 2.24) is 9.97 Å². The second-order valence-corrected chi connectivity index (χ2v) is 5.33. The molecule has 0 saturated carbocycles. The maximum absolute atomic E-state index is 5.96. The molecule has 1 heterocycles. The summed E-state index contributed by atoms with van der Waals surface area (Å²) in [6, 6.07) is 0. The Bertz CT molecular complexity index is 345. The molecule has 0 bridgehead atoms. The predicted octanol–water partition coefficient (Wildman–Crippen LogP) is 1.90. The van der Waals surface area contributed by atoms with E-state index in [1.165, 1.54) is 0 Å². The minimum absolute atomic E-state index is 0.0421. The molecule has 0 aliphatic carbocycles. The number of rotatable bonds is 7. The SMILES string of the molecule is CC(C)O[B-](OC(C)C)(OC(C)C)c1cnccn1. The smallest absolute Gasteiger partial charge is 0.429 e. The molecule has 5 nitrogen and oxygen atoms in total. The van der Waals surface area contributed by atoms with Gasteiger partial charge in [0.15, 0.2) is 0 Å². The first-order valence-electron chi connectivity index (χ1n) is 6.79. The average molecular weight is 267 g/mol. The monoisotopic (exact) mass is 267 g/mol. The van der Waals surface area contributed by atoms with E-state index in [4.69, 9.17) is 14.0 Å². The average Bonchev–Trinajstić information content (AvgIpc) is 2.27. The van der Waals surface area contributed by atoms with Crippen molar-refractivity contribution in [2.45, 2.75) is 59.9 Å². The summed E-state index contributed by atoms with van der Waals surface area (Å²) in [4.78, 5) is 8.39. The third kappa shape index (κ3) is 4.89. The van der Waals surface area contributed by atoms with Gasteiger partial charge in [0.25, 0.3) is 0 Å². The summed E-state index contributed by atoms with van der Waals surface area (Å²) in [6.07, 6.45) is 4.74. The summed E-state index contributed by atoms with van der Waals surface area (Å²) in [5, 5.41) is 0. The molecule has 1 rings (SSSR count). The Morgan fingerprint density at radius 2 is 1.32 bits per heavy atom. The lowest BCUT2D eigenvalue weighted by molar-refractivity contribution is 0.0146. The minimum Gasteiger partial charge on any atom is -0.538 e. The molecule has 0 unspecified atom stereocenters. The van der Waals surface area contributed by atoms with Crippen molar-refractivity contribution >= 4 is 12.3 Å². The molecule has 0 aromatic carbocycles. The summed E-state index contributed by atoms with van der Waals surface area (Å²) in [5.74, 6) is 0. The molecular weight excluding hydrogens is 243 g/mol. The number of nitrogens with zero attached hydrogens (tertiary/aromatic N) is 2. The van der Waals surface area contributed by atoms with E-state index in [2.05, 4.69) is 9.97 Å². The van der Waals surface area contributed by atoms with E-state index in [0.29, 0.717) is 5.59 Å². The van der Waals surface area contributed by atoms with Crippen molar-refractivity contribution < 1.29 is 14.0 Å². The van der Waals surface area contributed by atoms with E-state index in [9.17, 15) is 0 Å². The lowest BCUT2D eigenvalue weighted by Crippen LogP contribution is -2.61. The Morgan fingerprint density at radius 3 is 1.63 bits per heavy atom. The molecule has 0 saturated heterocycles. The van der Waals surface area contributed by atoms with Crippen LogP contribution in [0.3, 0.4) is 0 Å². The predicted molar refractivity (Wildman–Crippen MR) is 76.1 cm³/mol. The van der Waals surface area contributed by atoms with E-state index in [0.717, 1.165) is 0 Å². The Hall–Kier alpha value is -0.975. The van der Waals surface area contributed by atoms with Crippen molar-refractivity contribution in [3.8, 4) is 0 Å². The maximum Gasteiger partial charge on any atom is 0.429 e. The van der Waals surface area contributed by atoms with Crippen LogP contribution >= 0.6 is 0 Å². The summed E-state index contributed by atoms with van der Waals surface area (Å²) in [6.45, 7) is 9.58. The van der Waals surface area contributed by atoms with Crippen LogP contribution in [-0.4, -0.2) is 35.0 Å². The van der Waals surface area contributed by atoms with Gasteiger partial charge in [-0.3, -0.25) is 9.97 Å². The van der Waals surface area contributed by atoms with Gasteiger partial charge in [0.1, 0.15) is 0 Å². The van der Waals surface area contributed by atoms with E-state index in [-0.39, 0.29) is 18.3 Å². The second-order valence-electron chi connectivity index (χ2n) is 5.33. The van der Waals surface area contributed by atoms with Gasteiger partial charge in [-0.25, -0.2) is 0 Å². The lowest BCUT2D eigenvalue weighted by Gasteiger charge is -2.45. The highest BCUT2D eigenvalue weighted by atomic mass is 16.8. The third-order valence-electron chi connectivity index (χ3n) is 2.30. The topological polar surface area (TPSA) is 53.5 Å². The van der Waals surface area contributed by atoms with E-state index >= 15 is 0 Å². The molecule has 0 amide bonds. The molecule has 6 heteroatoms. The van der Waals surface area contributed by atoms with Crippen molar-refractivity contribution in [3.63, 3.8) is 0 Å². The molecule has 0 radical (unpaired) electrons. The quantitative estimate of drug-likeness (QED) is 0.706. The Morgan fingerprint density at radius 1 is 0.842 bits per heavy atom. The first-order chi connectivity index (χ1) is 8.85. The van der Waals surface area contributed by atoms with Crippen LogP contribution in [0.4, 0.5) is 0 Å². The first-order valence-corrected chi connectivity index (χ1v) is 6.79. The number of hydrogen-bond acceptors (Lipinski definition) is 5. The Balaban J connectivity index is 3.16. The molecule has 0 aliphatic rings. The van der Waals surface area contributed by atoms with E-state index in [1.54, 1.807) is 18.6 Å². The third-order valence-corrected chi connectivity index (χ3v) is 2.30. The first kappa shape index (κ1) is 16.1. The van der Waals surface area contributed by atoms with Crippen molar-refractivity contribution in [1.29, 1.82) is 0 Å². The zero-order valence-electron chi connectivity index (χ0n) is 12.7. The zero-order valence-corrected chi connectivity index (χ0v) is 12.7. The molecule has 1 aromatic heterocycles. The van der Waals surface area contributed by atoms with Crippen LogP contribution in [0.1, 0.15) is 41.5 Å². The fraction of sp³-hybridized carbons (Fsp3) is 0.692. The maximum atomic E-state index is 5.96. The van der Waals surface area contributed by atoms with Gasteiger partial charge < -0.3 is 14.0 Å². The van der Waals surface area contributed by atoms with Crippen LogP contribution in [0.15, 0.2) is 18.6 Å². The van der Waals surface area contributed by atoms with Crippen LogP contribution in [0.2, 0.25) is 0 Å². The number of aromatic nitrogens is 2. The summed E-state index contributed by atoms with van der Waals surface area (Å²) >= 11 is 0.